The van der Waals surface area contributed by atoms with Gasteiger partial charge in [0, 0.05) is 0 Å². The highest BCUT2D eigenvalue weighted by atomic mass is 16.6. The summed E-state index contributed by atoms with van der Waals surface area (Å²) in [7, 11) is 1.30. The summed E-state index contributed by atoms with van der Waals surface area (Å²) in [5.74, 6) is -3.22. The van der Waals surface area contributed by atoms with Crippen LogP contribution in [0.15, 0.2) is 36.4 Å². The van der Waals surface area contributed by atoms with Crippen molar-refractivity contribution in [3.8, 4) is 29.1 Å². The number of nitriles is 1. The zero-order chi connectivity index (χ0) is 33.7. The molecule has 3 amide bonds. The Labute approximate surface area is 260 Å². The largest absolute Gasteiger partial charge is 0.504 e. The van der Waals surface area contributed by atoms with Crippen molar-refractivity contribution in [3.05, 3.63) is 47.5 Å². The molecule has 0 unspecified atom stereocenters. The standard InChI is InChI=1S/C31H38N4O10/c1-30(2,3)44-28(40)22-17-14-20(36)25(42-7)21(15-17)43-18-10-8-16(9-11-18)24(37)23(35-29(41)45-31(4,5)6)27(39)33-19(12-13-32)26(38)34-22/h8-11,14-15,19,22-24,36-37H,12H2,1-7H3,(H,33,39)(H,34,38)(H,35,41)/t19-,22-,23-,24-/m1/s1. The number of carbonyl (C=O) groups excluding carboxylic acids is 4. The van der Waals surface area contributed by atoms with E-state index in [-0.39, 0.29) is 28.4 Å². The summed E-state index contributed by atoms with van der Waals surface area (Å²) in [5, 5.41) is 38.7. The number of benzene rings is 2. The molecule has 14 nitrogen and oxygen atoms in total. The molecule has 5 N–H and O–H groups in total. The molecule has 0 saturated heterocycles. The first-order valence-corrected chi connectivity index (χ1v) is 14.0. The van der Waals surface area contributed by atoms with E-state index in [9.17, 15) is 34.7 Å². The Bertz CT molecular complexity index is 1470. The molecule has 242 valence electrons. The second-order valence-electron chi connectivity index (χ2n) is 12.2. The molecule has 0 aliphatic carbocycles. The lowest BCUT2D eigenvalue weighted by Gasteiger charge is -2.29. The van der Waals surface area contributed by atoms with Crippen LogP contribution in [0.5, 0.6) is 23.0 Å². The maximum absolute atomic E-state index is 13.5. The van der Waals surface area contributed by atoms with Gasteiger partial charge in [-0.25, -0.2) is 9.59 Å². The van der Waals surface area contributed by atoms with Crippen LogP contribution in [0, 0.1) is 11.3 Å². The molecule has 4 atom stereocenters. The maximum atomic E-state index is 13.5. The second-order valence-corrected chi connectivity index (χ2v) is 12.2. The van der Waals surface area contributed by atoms with E-state index in [2.05, 4.69) is 16.0 Å². The number of rotatable bonds is 4. The fraction of sp³-hybridized carbons (Fsp3) is 0.452. The number of phenolic OH excluding ortho intramolecular Hbond substituents is 1. The van der Waals surface area contributed by atoms with Gasteiger partial charge in [0.05, 0.1) is 19.6 Å². The highest BCUT2D eigenvalue weighted by Gasteiger charge is 2.37. The molecule has 2 aliphatic heterocycles. The number of amides is 3. The summed E-state index contributed by atoms with van der Waals surface area (Å²) in [5.41, 5.74) is -1.70. The van der Waals surface area contributed by atoms with Crippen molar-refractivity contribution in [3.63, 3.8) is 0 Å². The number of hydrogen-bond donors (Lipinski definition) is 5. The molecule has 2 aromatic rings. The Balaban J connectivity index is 2.18. The third kappa shape index (κ3) is 9.23. The summed E-state index contributed by atoms with van der Waals surface area (Å²) in [6.45, 7) is 9.69. The van der Waals surface area contributed by atoms with Gasteiger partial charge >= 0.3 is 12.1 Å². The molecule has 0 saturated carbocycles. The fourth-order valence-corrected chi connectivity index (χ4v) is 4.27. The van der Waals surface area contributed by atoms with Crippen LogP contribution in [0.3, 0.4) is 0 Å². The predicted molar refractivity (Wildman–Crippen MR) is 158 cm³/mol. The minimum absolute atomic E-state index is 0.0259. The van der Waals surface area contributed by atoms with Crippen molar-refractivity contribution in [1.82, 2.24) is 16.0 Å². The van der Waals surface area contributed by atoms with Gasteiger partial charge < -0.3 is 45.1 Å². The fourth-order valence-electron chi connectivity index (χ4n) is 4.27. The number of fused-ring (bicyclic) bond motifs is 9. The molecule has 0 aromatic heterocycles. The minimum Gasteiger partial charge on any atom is -0.504 e. The van der Waals surface area contributed by atoms with E-state index < -0.39 is 71.5 Å². The highest BCUT2D eigenvalue weighted by molar-refractivity contribution is 5.94. The smallest absolute Gasteiger partial charge is 0.408 e. The van der Waals surface area contributed by atoms with Crippen LogP contribution in [0.2, 0.25) is 0 Å². The van der Waals surface area contributed by atoms with Gasteiger partial charge in [-0.3, -0.25) is 9.59 Å². The van der Waals surface area contributed by atoms with E-state index in [0.717, 1.165) is 0 Å². The molecular formula is C31H38N4O10. The van der Waals surface area contributed by atoms with E-state index in [1.54, 1.807) is 47.6 Å². The first-order valence-electron chi connectivity index (χ1n) is 14.0. The van der Waals surface area contributed by atoms with Gasteiger partial charge in [0.25, 0.3) is 0 Å². The Kier molecular flexibility index (Phi) is 10.5. The molecule has 2 heterocycles. The van der Waals surface area contributed by atoms with E-state index in [0.29, 0.717) is 0 Å². The topological polar surface area (TPSA) is 206 Å². The zero-order valence-electron chi connectivity index (χ0n) is 26.1. The lowest BCUT2D eigenvalue weighted by atomic mass is 10.00. The molecular weight excluding hydrogens is 588 g/mol. The van der Waals surface area contributed by atoms with Crippen molar-refractivity contribution in [2.45, 2.75) is 83.4 Å². The van der Waals surface area contributed by atoms with Crippen molar-refractivity contribution in [1.29, 1.82) is 5.26 Å². The van der Waals surface area contributed by atoms with Crippen molar-refractivity contribution < 1.29 is 48.3 Å². The SMILES string of the molecule is COc1c(O)cc2cc1Oc1ccc(cc1)[C@@H](O)[C@@H](NC(=O)OC(C)(C)C)C(=O)N[C@H](CC#N)C(=O)N[C@H]2C(=O)OC(C)(C)C. The number of hydrogen-bond acceptors (Lipinski definition) is 11. The number of aromatic hydroxyl groups is 1. The third-order valence-electron chi connectivity index (χ3n) is 6.17. The number of methoxy groups -OCH3 is 1. The predicted octanol–water partition coefficient (Wildman–Crippen LogP) is 3.03. The molecule has 45 heavy (non-hydrogen) atoms. The number of aliphatic hydroxyl groups excluding tert-OH is 1. The van der Waals surface area contributed by atoms with Gasteiger partial charge in [0.2, 0.25) is 17.6 Å². The Morgan fingerprint density at radius 1 is 0.978 bits per heavy atom. The lowest BCUT2D eigenvalue weighted by molar-refractivity contribution is -0.159. The van der Waals surface area contributed by atoms with Gasteiger partial charge in [-0.2, -0.15) is 5.26 Å². The molecule has 4 rings (SSSR count). The Hall–Kier alpha value is -5.03. The number of ether oxygens (including phenoxy) is 4. The minimum atomic E-state index is -1.68. The molecule has 2 aliphatic rings. The lowest BCUT2D eigenvalue weighted by Crippen LogP contribution is -2.56. The van der Waals surface area contributed by atoms with E-state index >= 15 is 0 Å². The van der Waals surface area contributed by atoms with Gasteiger partial charge in [0.1, 0.15) is 35.1 Å². The van der Waals surface area contributed by atoms with Gasteiger partial charge in [0.15, 0.2) is 17.5 Å². The van der Waals surface area contributed by atoms with Gasteiger partial charge in [-0.05, 0) is 76.9 Å². The molecule has 0 radical (unpaired) electrons. The van der Waals surface area contributed by atoms with Crippen LogP contribution >= 0.6 is 0 Å². The quantitative estimate of drug-likeness (QED) is 0.312. The van der Waals surface area contributed by atoms with Crippen LogP contribution in [0.4, 0.5) is 4.79 Å². The number of nitrogens with zero attached hydrogens (tertiary/aromatic N) is 1. The van der Waals surface area contributed by atoms with Gasteiger partial charge in [-0.1, -0.05) is 12.1 Å². The van der Waals surface area contributed by atoms with E-state index in [4.69, 9.17) is 18.9 Å². The third-order valence-corrected chi connectivity index (χ3v) is 6.17. The number of carbonyl (C=O) groups is 4. The Morgan fingerprint density at radius 2 is 1.60 bits per heavy atom. The summed E-state index contributed by atoms with van der Waals surface area (Å²) >= 11 is 0. The highest BCUT2D eigenvalue weighted by Crippen LogP contribution is 2.42. The molecule has 14 heteroatoms. The summed E-state index contributed by atoms with van der Waals surface area (Å²) in [4.78, 5) is 53.1. The van der Waals surface area contributed by atoms with E-state index in [1.807, 2.05) is 0 Å². The average Bonchev–Trinajstić information content (AvgIpc) is 2.91. The number of aliphatic hydroxyl groups is 1. The van der Waals surface area contributed by atoms with Crippen molar-refractivity contribution in [2.75, 3.05) is 7.11 Å². The maximum Gasteiger partial charge on any atom is 0.408 e. The first-order chi connectivity index (χ1) is 20.9. The Morgan fingerprint density at radius 3 is 2.16 bits per heavy atom. The monoisotopic (exact) mass is 626 g/mol. The number of nitrogens with one attached hydrogen (secondary N) is 3. The molecule has 0 spiro atoms. The number of esters is 1. The van der Waals surface area contributed by atoms with Crippen LogP contribution < -0.4 is 25.4 Å². The first kappa shape index (κ1) is 34.5. The number of phenols is 1. The zero-order valence-corrected chi connectivity index (χ0v) is 26.1. The van der Waals surface area contributed by atoms with Crippen molar-refractivity contribution in [2.24, 2.45) is 0 Å². The summed E-state index contributed by atoms with van der Waals surface area (Å²) in [6, 6.07) is 5.35. The van der Waals surface area contributed by atoms with Crippen LogP contribution in [0.25, 0.3) is 0 Å². The van der Waals surface area contributed by atoms with Crippen LogP contribution in [-0.4, -0.2) is 64.5 Å². The van der Waals surface area contributed by atoms with Gasteiger partial charge in [-0.15, -0.1) is 0 Å². The summed E-state index contributed by atoms with van der Waals surface area (Å²) in [6.07, 6.45) is -3.22. The summed E-state index contributed by atoms with van der Waals surface area (Å²) < 4.78 is 22.0. The molecule has 2 aromatic carbocycles. The van der Waals surface area contributed by atoms with Crippen molar-refractivity contribution >= 4 is 23.9 Å². The molecule has 0 fully saturated rings. The van der Waals surface area contributed by atoms with Crippen LogP contribution in [-0.2, 0) is 23.9 Å². The average molecular weight is 627 g/mol. The van der Waals surface area contributed by atoms with E-state index in [1.165, 1.54) is 43.5 Å². The van der Waals surface area contributed by atoms with Crippen LogP contribution in [0.1, 0.15) is 71.2 Å². The second kappa shape index (κ2) is 13.7. The number of alkyl carbamates (subject to hydrolysis) is 1. The normalized spacial score (nSPS) is 20.5. The molecule has 4 bridgehead atoms.